The quantitative estimate of drug-likeness (QED) is 0.900. The molecule has 0 aromatic heterocycles. The molecule has 22 heavy (non-hydrogen) atoms. The summed E-state index contributed by atoms with van der Waals surface area (Å²) in [6.07, 6.45) is -0.764. The Bertz CT molecular complexity index is 703. The molecule has 0 saturated heterocycles. The fraction of sp³-hybridized carbons (Fsp3) is 0.235. The first-order valence-electron chi connectivity index (χ1n) is 6.86. The average Bonchev–Trinajstić information content (AvgIpc) is 2.45. The molecule has 116 valence electrons. The van der Waals surface area contributed by atoms with Gasteiger partial charge >= 0.3 is 0 Å². The first-order chi connectivity index (χ1) is 10.4. The molecule has 0 bridgehead atoms. The summed E-state index contributed by atoms with van der Waals surface area (Å²) in [6, 6.07) is 9.68. The second-order valence-corrected chi connectivity index (χ2v) is 5.58. The maximum absolute atomic E-state index is 13.7. The lowest BCUT2D eigenvalue weighted by atomic mass is 10.2. The zero-order valence-electron chi connectivity index (χ0n) is 12.6. The summed E-state index contributed by atoms with van der Waals surface area (Å²) in [5.41, 5.74) is 1.83. The summed E-state index contributed by atoms with van der Waals surface area (Å²) in [5, 5.41) is 3.14. The number of rotatable bonds is 4. The van der Waals surface area contributed by atoms with Crippen molar-refractivity contribution in [3.8, 4) is 5.75 Å². The fourth-order valence-electron chi connectivity index (χ4n) is 1.96. The number of hydrogen-bond donors (Lipinski definition) is 1. The minimum absolute atomic E-state index is 0.147. The Hall–Kier alpha value is -2.07. The molecule has 1 amide bonds. The molecule has 2 aromatic carbocycles. The maximum atomic E-state index is 13.7. The summed E-state index contributed by atoms with van der Waals surface area (Å²) >= 11 is 5.88. The lowest BCUT2D eigenvalue weighted by Crippen LogP contribution is -2.30. The van der Waals surface area contributed by atoms with Crippen LogP contribution in [-0.4, -0.2) is 12.0 Å². The molecule has 0 aliphatic carbocycles. The van der Waals surface area contributed by atoms with Crippen molar-refractivity contribution in [2.45, 2.75) is 26.9 Å². The van der Waals surface area contributed by atoms with Gasteiger partial charge in [-0.2, -0.15) is 0 Å². The first kappa shape index (κ1) is 16.3. The lowest BCUT2D eigenvalue weighted by molar-refractivity contribution is -0.122. The summed E-state index contributed by atoms with van der Waals surface area (Å²) < 4.78 is 19.3. The third kappa shape index (κ3) is 3.98. The predicted octanol–water partition coefficient (Wildman–Crippen LogP) is 4.50. The van der Waals surface area contributed by atoms with Gasteiger partial charge in [-0.05, 0) is 62.2 Å². The zero-order chi connectivity index (χ0) is 16.3. The van der Waals surface area contributed by atoms with Crippen molar-refractivity contribution < 1.29 is 13.9 Å². The van der Waals surface area contributed by atoms with Gasteiger partial charge in [-0.25, -0.2) is 4.39 Å². The minimum atomic E-state index is -0.764. The Morgan fingerprint density at radius 3 is 2.64 bits per heavy atom. The number of ether oxygens (including phenoxy) is 1. The van der Waals surface area contributed by atoms with E-state index in [-0.39, 0.29) is 5.69 Å². The van der Waals surface area contributed by atoms with E-state index in [1.54, 1.807) is 37.3 Å². The Balaban J connectivity index is 2.07. The second-order valence-electron chi connectivity index (χ2n) is 5.14. The van der Waals surface area contributed by atoms with Crippen molar-refractivity contribution in [2.75, 3.05) is 5.32 Å². The number of aryl methyl sites for hydroxylation is 2. The molecule has 2 rings (SSSR count). The lowest BCUT2D eigenvalue weighted by Gasteiger charge is -2.16. The highest BCUT2D eigenvalue weighted by Gasteiger charge is 2.17. The van der Waals surface area contributed by atoms with Crippen molar-refractivity contribution in [1.29, 1.82) is 0 Å². The molecule has 0 radical (unpaired) electrons. The third-order valence-electron chi connectivity index (χ3n) is 3.19. The molecule has 1 unspecified atom stereocenters. The van der Waals surface area contributed by atoms with Crippen LogP contribution in [0.3, 0.4) is 0 Å². The smallest absolute Gasteiger partial charge is 0.265 e. The molecule has 3 nitrogen and oxygen atoms in total. The van der Waals surface area contributed by atoms with E-state index in [2.05, 4.69) is 5.32 Å². The Labute approximate surface area is 134 Å². The monoisotopic (exact) mass is 321 g/mol. The molecule has 0 aliphatic rings. The highest BCUT2D eigenvalue weighted by atomic mass is 35.5. The van der Waals surface area contributed by atoms with Crippen molar-refractivity contribution in [3.63, 3.8) is 0 Å². The number of carbonyl (C=O) groups is 1. The molecule has 0 aliphatic heterocycles. The van der Waals surface area contributed by atoms with Crippen LogP contribution in [0.25, 0.3) is 0 Å². The normalized spacial score (nSPS) is 11.9. The standard InChI is InChI=1S/C17H17ClFNO2/c1-10-4-6-14(19)15(8-10)20-17(21)12(3)22-16-7-5-13(18)9-11(16)2/h4-9,12H,1-3H3,(H,20,21). The van der Waals surface area contributed by atoms with Crippen molar-refractivity contribution in [2.24, 2.45) is 0 Å². The van der Waals surface area contributed by atoms with Crippen molar-refractivity contribution >= 4 is 23.2 Å². The van der Waals surface area contributed by atoms with Gasteiger partial charge in [0, 0.05) is 5.02 Å². The van der Waals surface area contributed by atoms with Crippen LogP contribution in [0.2, 0.25) is 5.02 Å². The van der Waals surface area contributed by atoms with Gasteiger partial charge in [0.2, 0.25) is 0 Å². The molecule has 0 fully saturated rings. The van der Waals surface area contributed by atoms with Crippen LogP contribution in [0, 0.1) is 19.7 Å². The number of hydrogen-bond acceptors (Lipinski definition) is 2. The van der Waals surface area contributed by atoms with Crippen LogP contribution in [0.15, 0.2) is 36.4 Å². The van der Waals surface area contributed by atoms with E-state index in [0.717, 1.165) is 11.1 Å². The van der Waals surface area contributed by atoms with Gasteiger partial charge in [-0.15, -0.1) is 0 Å². The third-order valence-corrected chi connectivity index (χ3v) is 3.42. The van der Waals surface area contributed by atoms with E-state index >= 15 is 0 Å². The van der Waals surface area contributed by atoms with Crippen molar-refractivity contribution in [1.82, 2.24) is 0 Å². The Kier molecular flexibility index (Phi) is 5.03. The van der Waals surface area contributed by atoms with E-state index in [1.165, 1.54) is 6.07 Å². The van der Waals surface area contributed by atoms with Gasteiger partial charge in [0.25, 0.3) is 5.91 Å². The molecular weight excluding hydrogens is 305 g/mol. The summed E-state index contributed by atoms with van der Waals surface area (Å²) in [6.45, 7) is 5.27. The molecule has 2 aromatic rings. The van der Waals surface area contributed by atoms with Crippen molar-refractivity contribution in [3.05, 3.63) is 58.4 Å². The van der Waals surface area contributed by atoms with Gasteiger partial charge in [-0.1, -0.05) is 17.7 Å². The molecule has 0 saturated carbocycles. The van der Waals surface area contributed by atoms with Crippen LogP contribution in [0.4, 0.5) is 10.1 Å². The first-order valence-corrected chi connectivity index (χ1v) is 7.24. The molecule has 1 atom stereocenters. The van der Waals surface area contributed by atoms with Gasteiger partial charge in [-0.3, -0.25) is 4.79 Å². The van der Waals surface area contributed by atoms with Gasteiger partial charge < -0.3 is 10.1 Å². The molecule has 1 N–H and O–H groups in total. The summed E-state index contributed by atoms with van der Waals surface area (Å²) in [4.78, 5) is 12.1. The summed E-state index contributed by atoms with van der Waals surface area (Å²) in [5.74, 6) is -0.329. The number of amides is 1. The fourth-order valence-corrected chi connectivity index (χ4v) is 2.18. The van der Waals surface area contributed by atoms with Crippen LogP contribution in [0.5, 0.6) is 5.75 Å². The van der Waals surface area contributed by atoms with Crippen LogP contribution in [0.1, 0.15) is 18.1 Å². The Morgan fingerprint density at radius 2 is 1.95 bits per heavy atom. The number of anilines is 1. The number of carbonyl (C=O) groups excluding carboxylic acids is 1. The van der Waals surface area contributed by atoms with Gasteiger partial charge in [0.1, 0.15) is 11.6 Å². The van der Waals surface area contributed by atoms with Gasteiger partial charge in [0.05, 0.1) is 5.69 Å². The van der Waals surface area contributed by atoms with Crippen LogP contribution >= 0.6 is 11.6 Å². The van der Waals surface area contributed by atoms with E-state index in [4.69, 9.17) is 16.3 Å². The Morgan fingerprint density at radius 1 is 1.23 bits per heavy atom. The highest BCUT2D eigenvalue weighted by Crippen LogP contribution is 2.23. The molecule has 0 spiro atoms. The largest absolute Gasteiger partial charge is 0.481 e. The van der Waals surface area contributed by atoms with Crippen LogP contribution in [-0.2, 0) is 4.79 Å². The maximum Gasteiger partial charge on any atom is 0.265 e. The zero-order valence-corrected chi connectivity index (χ0v) is 13.4. The number of benzene rings is 2. The number of halogens is 2. The topological polar surface area (TPSA) is 38.3 Å². The van der Waals surface area contributed by atoms with Crippen LogP contribution < -0.4 is 10.1 Å². The molecule has 0 heterocycles. The highest BCUT2D eigenvalue weighted by molar-refractivity contribution is 6.30. The van der Waals surface area contributed by atoms with E-state index in [9.17, 15) is 9.18 Å². The molecular formula is C17H17ClFNO2. The van der Waals surface area contributed by atoms with Gasteiger partial charge in [0.15, 0.2) is 6.10 Å². The van der Waals surface area contributed by atoms with E-state index in [0.29, 0.717) is 10.8 Å². The predicted molar refractivity (Wildman–Crippen MR) is 86.0 cm³/mol. The summed E-state index contributed by atoms with van der Waals surface area (Å²) in [7, 11) is 0. The molecule has 5 heteroatoms. The van der Waals surface area contributed by atoms with E-state index in [1.807, 2.05) is 13.8 Å². The average molecular weight is 322 g/mol. The number of nitrogens with one attached hydrogen (secondary N) is 1. The minimum Gasteiger partial charge on any atom is -0.481 e. The second kappa shape index (κ2) is 6.79. The van der Waals surface area contributed by atoms with E-state index < -0.39 is 17.8 Å². The SMILES string of the molecule is Cc1ccc(F)c(NC(=O)C(C)Oc2ccc(Cl)cc2C)c1.